The monoisotopic (exact) mass is 442 g/mol. The predicted octanol–water partition coefficient (Wildman–Crippen LogP) is 2.46. The number of nitrogens with zero attached hydrogens (tertiary/aromatic N) is 5. The van der Waals surface area contributed by atoms with Crippen molar-refractivity contribution in [3.8, 4) is 5.75 Å². The summed E-state index contributed by atoms with van der Waals surface area (Å²) in [5, 5.41) is 8.10. The highest BCUT2D eigenvalue weighted by molar-refractivity contribution is 5.79. The van der Waals surface area contributed by atoms with Gasteiger partial charge in [0.15, 0.2) is 5.96 Å². The lowest BCUT2D eigenvalue weighted by atomic mass is 10.1. The molecular formula is C24H38N6O2. The van der Waals surface area contributed by atoms with Crippen molar-refractivity contribution < 1.29 is 9.47 Å². The molecule has 1 aromatic carbocycles. The van der Waals surface area contributed by atoms with Crippen molar-refractivity contribution in [2.24, 2.45) is 12.0 Å². The molecular weight excluding hydrogens is 404 g/mol. The molecule has 0 spiro atoms. The number of guanidine groups is 1. The zero-order valence-corrected chi connectivity index (χ0v) is 20.2. The van der Waals surface area contributed by atoms with Crippen molar-refractivity contribution in [2.75, 3.05) is 53.6 Å². The minimum atomic E-state index is 0.385. The minimum Gasteiger partial charge on any atom is -0.492 e. The third kappa shape index (κ3) is 6.71. The number of aliphatic imine (C=N–C) groups is 1. The van der Waals surface area contributed by atoms with Gasteiger partial charge in [0.05, 0.1) is 18.9 Å². The molecule has 32 heavy (non-hydrogen) atoms. The van der Waals surface area contributed by atoms with Crippen molar-refractivity contribution in [2.45, 2.75) is 32.9 Å². The molecule has 0 aliphatic carbocycles. The van der Waals surface area contributed by atoms with Crippen molar-refractivity contribution >= 4 is 5.96 Å². The summed E-state index contributed by atoms with van der Waals surface area (Å²) in [4.78, 5) is 8.99. The van der Waals surface area contributed by atoms with Gasteiger partial charge >= 0.3 is 0 Å². The fraction of sp³-hybridized carbons (Fsp3) is 0.583. The van der Waals surface area contributed by atoms with Crippen LogP contribution in [0.2, 0.25) is 0 Å². The molecule has 1 saturated heterocycles. The van der Waals surface area contributed by atoms with Crippen LogP contribution in [0.15, 0.2) is 35.5 Å². The summed E-state index contributed by atoms with van der Waals surface area (Å²) in [6.45, 7) is 10.9. The predicted molar refractivity (Wildman–Crippen MR) is 128 cm³/mol. The average molecular weight is 443 g/mol. The Morgan fingerprint density at radius 1 is 1.25 bits per heavy atom. The zero-order chi connectivity index (χ0) is 22.9. The third-order valence-corrected chi connectivity index (χ3v) is 5.64. The largest absolute Gasteiger partial charge is 0.492 e. The van der Waals surface area contributed by atoms with Crippen molar-refractivity contribution in [3.63, 3.8) is 0 Å². The molecule has 0 bridgehead atoms. The smallest absolute Gasteiger partial charge is 0.193 e. The topological polar surface area (TPSA) is 67.2 Å². The Hall–Kier alpha value is -2.58. The highest BCUT2D eigenvalue weighted by atomic mass is 16.5. The lowest BCUT2D eigenvalue weighted by Gasteiger charge is -2.26. The number of aryl methyl sites for hydroxylation is 1. The van der Waals surface area contributed by atoms with E-state index in [2.05, 4.69) is 58.4 Å². The molecule has 1 fully saturated rings. The first-order valence-electron chi connectivity index (χ1n) is 11.4. The summed E-state index contributed by atoms with van der Waals surface area (Å²) < 4.78 is 13.4. The molecule has 8 heteroatoms. The number of morpholine rings is 1. The normalized spacial score (nSPS) is 15.2. The van der Waals surface area contributed by atoms with E-state index in [9.17, 15) is 0 Å². The second-order valence-corrected chi connectivity index (χ2v) is 8.53. The first-order valence-corrected chi connectivity index (χ1v) is 11.4. The first-order chi connectivity index (χ1) is 15.5. The van der Waals surface area contributed by atoms with Crippen LogP contribution >= 0.6 is 0 Å². The number of benzene rings is 1. The summed E-state index contributed by atoms with van der Waals surface area (Å²) in [5.74, 6) is 2.14. The Morgan fingerprint density at radius 2 is 2.00 bits per heavy atom. The van der Waals surface area contributed by atoms with Crippen LogP contribution in [0.4, 0.5) is 0 Å². The van der Waals surface area contributed by atoms with Crippen LogP contribution in [0.25, 0.3) is 0 Å². The molecule has 8 nitrogen and oxygen atoms in total. The lowest BCUT2D eigenvalue weighted by molar-refractivity contribution is 0.0322. The van der Waals surface area contributed by atoms with Gasteiger partial charge < -0.3 is 19.7 Å². The molecule has 0 atom stereocenters. The number of nitrogens with one attached hydrogen (secondary N) is 1. The van der Waals surface area contributed by atoms with Crippen LogP contribution in [-0.2, 0) is 24.9 Å². The van der Waals surface area contributed by atoms with E-state index in [4.69, 9.17) is 9.47 Å². The number of para-hydroxylation sites is 1. The van der Waals surface area contributed by atoms with Gasteiger partial charge in [-0.05, 0) is 12.0 Å². The summed E-state index contributed by atoms with van der Waals surface area (Å²) in [6.07, 6.45) is 2.09. The Morgan fingerprint density at radius 3 is 2.72 bits per heavy atom. The van der Waals surface area contributed by atoms with E-state index in [1.54, 1.807) is 0 Å². The van der Waals surface area contributed by atoms with E-state index in [0.29, 0.717) is 19.1 Å². The van der Waals surface area contributed by atoms with E-state index >= 15 is 0 Å². The average Bonchev–Trinajstić information content (AvgIpc) is 3.16. The van der Waals surface area contributed by atoms with E-state index in [-0.39, 0.29) is 0 Å². The molecule has 176 valence electrons. The van der Waals surface area contributed by atoms with Crippen LogP contribution in [0.1, 0.15) is 36.6 Å². The molecule has 0 amide bonds. The maximum Gasteiger partial charge on any atom is 0.193 e. The molecule has 1 aromatic heterocycles. The quantitative estimate of drug-likeness (QED) is 0.475. The Bertz CT molecular complexity index is 873. The SMILES string of the molecule is CN=C(NCc1ccccc1OCCN1CCOCC1)N(C)Cc1cn(C)nc1C(C)C. The molecule has 0 radical (unpaired) electrons. The van der Waals surface area contributed by atoms with Gasteiger partial charge in [-0.1, -0.05) is 32.0 Å². The van der Waals surface area contributed by atoms with Crippen LogP contribution in [0.3, 0.4) is 0 Å². The maximum absolute atomic E-state index is 6.12. The number of ether oxygens (including phenoxy) is 2. The zero-order valence-electron chi connectivity index (χ0n) is 20.2. The highest BCUT2D eigenvalue weighted by Crippen LogP contribution is 2.20. The second-order valence-electron chi connectivity index (χ2n) is 8.53. The fourth-order valence-corrected chi connectivity index (χ4v) is 3.95. The molecule has 1 N–H and O–H groups in total. The number of hydrogen-bond acceptors (Lipinski definition) is 5. The van der Waals surface area contributed by atoms with Gasteiger partial charge in [-0.15, -0.1) is 0 Å². The molecule has 3 rings (SSSR count). The Balaban J connectivity index is 1.55. The summed E-state index contributed by atoms with van der Waals surface area (Å²) in [5.41, 5.74) is 3.47. The Kier molecular flexibility index (Phi) is 8.93. The molecule has 0 saturated carbocycles. The summed E-state index contributed by atoms with van der Waals surface area (Å²) >= 11 is 0. The van der Waals surface area contributed by atoms with Crippen LogP contribution in [0, 0.1) is 0 Å². The van der Waals surface area contributed by atoms with Gasteiger partial charge in [0.1, 0.15) is 12.4 Å². The van der Waals surface area contributed by atoms with Crippen molar-refractivity contribution in [1.82, 2.24) is 24.9 Å². The molecule has 2 aromatic rings. The molecule has 0 unspecified atom stereocenters. The van der Waals surface area contributed by atoms with Gasteiger partial charge in [0, 0.05) is 71.2 Å². The lowest BCUT2D eigenvalue weighted by Crippen LogP contribution is -2.39. The van der Waals surface area contributed by atoms with Gasteiger partial charge in [-0.3, -0.25) is 14.6 Å². The van der Waals surface area contributed by atoms with Gasteiger partial charge in [0.25, 0.3) is 0 Å². The van der Waals surface area contributed by atoms with Crippen molar-refractivity contribution in [3.05, 3.63) is 47.3 Å². The first kappa shape index (κ1) is 24.1. The van der Waals surface area contributed by atoms with Crippen LogP contribution in [0.5, 0.6) is 5.75 Å². The summed E-state index contributed by atoms with van der Waals surface area (Å²) in [7, 11) is 5.84. The van der Waals surface area contributed by atoms with E-state index in [1.807, 2.05) is 37.0 Å². The van der Waals surface area contributed by atoms with Crippen LogP contribution in [-0.4, -0.2) is 79.1 Å². The maximum atomic E-state index is 6.12. The Labute approximate surface area is 192 Å². The minimum absolute atomic E-state index is 0.385. The molecule has 2 heterocycles. The highest BCUT2D eigenvalue weighted by Gasteiger charge is 2.16. The van der Waals surface area contributed by atoms with Gasteiger partial charge in [-0.2, -0.15) is 5.10 Å². The number of rotatable bonds is 9. The van der Waals surface area contributed by atoms with Gasteiger partial charge in [0.2, 0.25) is 0 Å². The standard InChI is InChI=1S/C24H38N6O2/c1-19(2)23-21(18-29(5)27-23)17-28(4)24(25-3)26-16-20-8-6-7-9-22(20)32-15-12-30-10-13-31-14-11-30/h6-9,18-19H,10-17H2,1-5H3,(H,25,26). The third-order valence-electron chi connectivity index (χ3n) is 5.64. The second kappa shape index (κ2) is 11.9. The van der Waals surface area contributed by atoms with Crippen LogP contribution < -0.4 is 10.1 Å². The number of hydrogen-bond donors (Lipinski definition) is 1. The molecule has 1 aliphatic rings. The van der Waals surface area contributed by atoms with Gasteiger partial charge in [-0.25, -0.2) is 0 Å². The summed E-state index contributed by atoms with van der Waals surface area (Å²) in [6, 6.07) is 8.20. The van der Waals surface area contributed by atoms with E-state index < -0.39 is 0 Å². The van der Waals surface area contributed by atoms with E-state index in [1.165, 1.54) is 5.56 Å². The van der Waals surface area contributed by atoms with Crippen molar-refractivity contribution in [1.29, 1.82) is 0 Å². The fourth-order valence-electron chi connectivity index (χ4n) is 3.95. The molecule has 1 aliphatic heterocycles. The van der Waals surface area contributed by atoms with E-state index in [0.717, 1.165) is 62.4 Å². The number of aromatic nitrogens is 2.